The van der Waals surface area contributed by atoms with Gasteiger partial charge in [0.2, 0.25) is 0 Å². The highest BCUT2D eigenvalue weighted by Crippen LogP contribution is 2.34. The Labute approximate surface area is 132 Å². The largest absolute Gasteiger partial charge is 0.307 e. The van der Waals surface area contributed by atoms with E-state index in [9.17, 15) is 13.2 Å². The molecule has 1 aromatic heterocycles. The number of anilines is 1. The van der Waals surface area contributed by atoms with Crippen LogP contribution in [-0.2, 0) is 28.4 Å². The highest BCUT2D eigenvalue weighted by Gasteiger charge is 2.23. The third-order valence-electron chi connectivity index (χ3n) is 3.49. The zero-order valence-corrected chi connectivity index (χ0v) is 13.8. The molecule has 6 nitrogen and oxygen atoms in total. The van der Waals surface area contributed by atoms with Crippen molar-refractivity contribution in [3.05, 3.63) is 41.1 Å². The highest BCUT2D eigenvalue weighted by atomic mass is 32.2. The maximum Gasteiger partial charge on any atom is 0.256 e. The lowest BCUT2D eigenvalue weighted by atomic mass is 10.2. The summed E-state index contributed by atoms with van der Waals surface area (Å²) in [5, 5.41) is 7.25. The molecule has 1 amide bonds. The Morgan fingerprint density at radius 1 is 1.27 bits per heavy atom. The van der Waals surface area contributed by atoms with Crippen LogP contribution in [0.5, 0.6) is 0 Å². The van der Waals surface area contributed by atoms with Crippen LogP contribution < -0.4 is 5.32 Å². The first-order valence-electron chi connectivity index (χ1n) is 6.60. The predicted molar refractivity (Wildman–Crippen MR) is 85.7 cm³/mol. The van der Waals surface area contributed by atoms with Gasteiger partial charge in [-0.2, -0.15) is 16.9 Å². The number of carbonyl (C=O) groups excluding carboxylic acids is 1. The number of nitrogens with one attached hydrogen (secondary N) is 1. The van der Waals surface area contributed by atoms with E-state index < -0.39 is 9.84 Å². The number of carbonyl (C=O) groups is 1. The Balaban J connectivity index is 1.84. The molecule has 1 aromatic carbocycles. The van der Waals surface area contributed by atoms with Crippen molar-refractivity contribution >= 4 is 33.3 Å². The van der Waals surface area contributed by atoms with E-state index in [0.29, 0.717) is 11.4 Å². The lowest BCUT2D eigenvalue weighted by molar-refractivity contribution is 0.102. The van der Waals surface area contributed by atoms with Gasteiger partial charge in [0, 0.05) is 35.9 Å². The van der Waals surface area contributed by atoms with Gasteiger partial charge in [-0.3, -0.25) is 9.48 Å². The Kier molecular flexibility index (Phi) is 3.73. The number of rotatable bonds is 3. The normalized spacial score (nSPS) is 13.9. The number of aromatic nitrogens is 2. The van der Waals surface area contributed by atoms with Gasteiger partial charge in [-0.15, -0.1) is 0 Å². The molecule has 116 valence electrons. The molecular weight excluding hydrogens is 322 g/mol. The minimum atomic E-state index is -3.26. The van der Waals surface area contributed by atoms with E-state index in [1.165, 1.54) is 24.3 Å². The van der Waals surface area contributed by atoms with Crippen molar-refractivity contribution in [2.45, 2.75) is 16.4 Å². The second kappa shape index (κ2) is 5.44. The molecule has 0 spiro atoms. The van der Waals surface area contributed by atoms with Crippen LogP contribution in [0.2, 0.25) is 0 Å². The number of aryl methyl sites for hydroxylation is 1. The summed E-state index contributed by atoms with van der Waals surface area (Å²) in [6.45, 7) is 0. The van der Waals surface area contributed by atoms with Crippen LogP contribution in [0.25, 0.3) is 0 Å². The Hall–Kier alpha value is -1.80. The van der Waals surface area contributed by atoms with Gasteiger partial charge in [-0.25, -0.2) is 8.42 Å². The molecule has 22 heavy (non-hydrogen) atoms. The Morgan fingerprint density at radius 3 is 2.59 bits per heavy atom. The third-order valence-corrected chi connectivity index (χ3v) is 5.59. The average Bonchev–Trinajstić information content (AvgIpc) is 3.01. The molecule has 1 aliphatic heterocycles. The molecule has 3 rings (SSSR count). The van der Waals surface area contributed by atoms with Crippen LogP contribution in [-0.4, -0.2) is 30.4 Å². The van der Waals surface area contributed by atoms with Crippen LogP contribution >= 0.6 is 11.8 Å². The second-order valence-corrected chi connectivity index (χ2v) is 8.14. The SMILES string of the molecule is Cn1nc2c(c1NC(=O)c1ccc(S(C)(=O)=O)cc1)CSC2. The molecular formula is C14H15N3O3S2. The van der Waals surface area contributed by atoms with Gasteiger partial charge in [-0.05, 0) is 24.3 Å². The van der Waals surface area contributed by atoms with Gasteiger partial charge in [0.05, 0.1) is 10.6 Å². The summed E-state index contributed by atoms with van der Waals surface area (Å²) in [6.07, 6.45) is 1.14. The van der Waals surface area contributed by atoms with Crippen molar-refractivity contribution in [2.24, 2.45) is 7.05 Å². The summed E-state index contributed by atoms with van der Waals surface area (Å²) >= 11 is 1.77. The van der Waals surface area contributed by atoms with Crippen molar-refractivity contribution < 1.29 is 13.2 Å². The fourth-order valence-electron chi connectivity index (χ4n) is 2.33. The molecule has 0 radical (unpaired) electrons. The van der Waals surface area contributed by atoms with E-state index in [2.05, 4.69) is 10.4 Å². The highest BCUT2D eigenvalue weighted by molar-refractivity contribution is 7.98. The number of sulfone groups is 1. The second-order valence-electron chi connectivity index (χ2n) is 5.14. The minimum absolute atomic E-state index is 0.196. The van der Waals surface area contributed by atoms with Crippen LogP contribution in [0.4, 0.5) is 5.82 Å². The zero-order valence-electron chi connectivity index (χ0n) is 12.2. The number of amides is 1. The fraction of sp³-hybridized carbons (Fsp3) is 0.286. The first kappa shape index (κ1) is 15.1. The molecule has 0 saturated heterocycles. The summed E-state index contributed by atoms with van der Waals surface area (Å²) in [5.74, 6) is 2.13. The van der Waals surface area contributed by atoms with Crippen molar-refractivity contribution in [1.29, 1.82) is 0 Å². The van der Waals surface area contributed by atoms with Crippen molar-refractivity contribution in [3.8, 4) is 0 Å². The van der Waals surface area contributed by atoms with E-state index in [4.69, 9.17) is 0 Å². The molecule has 0 atom stereocenters. The standard InChI is InChI=1S/C14H15N3O3S2/c1-17-13(11-7-21-8-12(11)16-17)15-14(18)9-3-5-10(6-4-9)22(2,19)20/h3-6H,7-8H2,1-2H3,(H,15,18). The number of fused-ring (bicyclic) bond motifs is 1. The molecule has 1 aliphatic rings. The summed E-state index contributed by atoms with van der Waals surface area (Å²) in [5.41, 5.74) is 2.48. The quantitative estimate of drug-likeness (QED) is 0.924. The van der Waals surface area contributed by atoms with Gasteiger partial charge in [0.15, 0.2) is 9.84 Å². The molecule has 0 unspecified atom stereocenters. The van der Waals surface area contributed by atoms with Gasteiger partial charge in [0.25, 0.3) is 5.91 Å². The maximum atomic E-state index is 12.3. The van der Waals surface area contributed by atoms with Gasteiger partial charge in [-0.1, -0.05) is 0 Å². The molecule has 1 N–H and O–H groups in total. The topological polar surface area (TPSA) is 81.1 Å². The number of nitrogens with zero attached hydrogens (tertiary/aromatic N) is 2. The molecule has 0 aliphatic carbocycles. The lowest BCUT2D eigenvalue weighted by Crippen LogP contribution is -2.15. The van der Waals surface area contributed by atoms with Crippen LogP contribution in [0.3, 0.4) is 0 Å². The molecule has 8 heteroatoms. The third kappa shape index (κ3) is 2.76. The van der Waals surface area contributed by atoms with E-state index >= 15 is 0 Å². The van der Waals surface area contributed by atoms with Crippen molar-refractivity contribution in [2.75, 3.05) is 11.6 Å². The lowest BCUT2D eigenvalue weighted by Gasteiger charge is -2.08. The molecule has 0 bridgehead atoms. The molecule has 0 saturated carbocycles. The Morgan fingerprint density at radius 2 is 1.95 bits per heavy atom. The predicted octanol–water partition coefficient (Wildman–Crippen LogP) is 1.82. The number of hydrogen-bond acceptors (Lipinski definition) is 5. The summed E-state index contributed by atoms with van der Waals surface area (Å²) in [4.78, 5) is 12.5. The maximum absolute atomic E-state index is 12.3. The summed E-state index contributed by atoms with van der Waals surface area (Å²) in [7, 11) is -1.46. The van der Waals surface area contributed by atoms with Crippen LogP contribution in [0, 0.1) is 0 Å². The molecule has 2 aromatic rings. The number of thioether (sulfide) groups is 1. The van der Waals surface area contributed by atoms with Crippen LogP contribution in [0.15, 0.2) is 29.2 Å². The van der Waals surface area contributed by atoms with Crippen molar-refractivity contribution in [1.82, 2.24) is 9.78 Å². The molecule has 0 fully saturated rings. The number of hydrogen-bond donors (Lipinski definition) is 1. The van der Waals surface area contributed by atoms with E-state index in [1.807, 2.05) is 0 Å². The van der Waals surface area contributed by atoms with Crippen molar-refractivity contribution in [3.63, 3.8) is 0 Å². The average molecular weight is 337 g/mol. The van der Waals surface area contributed by atoms with Gasteiger partial charge in [0.1, 0.15) is 5.82 Å². The smallest absolute Gasteiger partial charge is 0.256 e. The molecule has 2 heterocycles. The fourth-order valence-corrected chi connectivity index (χ4v) is 4.00. The van der Waals surface area contributed by atoms with Gasteiger partial charge < -0.3 is 5.32 Å². The van der Waals surface area contributed by atoms with E-state index in [0.717, 1.165) is 29.0 Å². The minimum Gasteiger partial charge on any atom is -0.307 e. The zero-order chi connectivity index (χ0) is 15.9. The monoisotopic (exact) mass is 337 g/mol. The van der Waals surface area contributed by atoms with E-state index in [1.54, 1.807) is 23.5 Å². The first-order valence-corrected chi connectivity index (χ1v) is 9.65. The van der Waals surface area contributed by atoms with E-state index in [-0.39, 0.29) is 10.8 Å². The summed E-state index contributed by atoms with van der Waals surface area (Å²) in [6, 6.07) is 5.90. The Bertz CT molecular complexity index is 839. The van der Waals surface area contributed by atoms with Crippen LogP contribution in [0.1, 0.15) is 21.6 Å². The van der Waals surface area contributed by atoms with Gasteiger partial charge >= 0.3 is 0 Å². The number of benzene rings is 1. The summed E-state index contributed by atoms with van der Waals surface area (Å²) < 4.78 is 24.5. The first-order chi connectivity index (χ1) is 10.4.